The Balaban J connectivity index is 2.36. The molecule has 1 rings (SSSR count). The number of hydrogen-bond donors (Lipinski definition) is 2. The van der Waals surface area contributed by atoms with E-state index in [1.807, 2.05) is 18.2 Å². The quantitative estimate of drug-likeness (QED) is 0.657. The Labute approximate surface area is 104 Å². The summed E-state index contributed by atoms with van der Waals surface area (Å²) in [4.78, 5) is 0. The summed E-state index contributed by atoms with van der Waals surface area (Å²) in [6, 6.07) is 8.11. The number of benzene rings is 1. The lowest BCUT2D eigenvalue weighted by atomic mass is 10.2. The van der Waals surface area contributed by atoms with Crippen LogP contribution in [0.15, 0.2) is 41.4 Å². The summed E-state index contributed by atoms with van der Waals surface area (Å²) in [5.74, 6) is 0. The van der Waals surface area contributed by atoms with Crippen molar-refractivity contribution in [1.29, 1.82) is 0 Å². The van der Waals surface area contributed by atoms with Crippen molar-refractivity contribution in [2.75, 3.05) is 6.54 Å². The standard InChI is InChI=1S/C11H13BrN2S/c1-2-6-13-11(15)14-8-9-4-3-5-10(12)7-9/h2-5,7H,1,6,8H2,(H2,13,14,15). The predicted molar refractivity (Wildman–Crippen MR) is 71.8 cm³/mol. The van der Waals surface area contributed by atoms with Gasteiger partial charge in [0, 0.05) is 17.6 Å². The Morgan fingerprint density at radius 2 is 2.27 bits per heavy atom. The molecule has 0 bridgehead atoms. The van der Waals surface area contributed by atoms with E-state index in [-0.39, 0.29) is 0 Å². The van der Waals surface area contributed by atoms with E-state index in [0.29, 0.717) is 11.7 Å². The van der Waals surface area contributed by atoms with E-state index >= 15 is 0 Å². The van der Waals surface area contributed by atoms with Gasteiger partial charge in [0.15, 0.2) is 5.11 Å². The first-order valence-electron chi connectivity index (χ1n) is 4.59. The Morgan fingerprint density at radius 1 is 1.47 bits per heavy atom. The van der Waals surface area contributed by atoms with E-state index < -0.39 is 0 Å². The Kier molecular flexibility index (Phi) is 5.36. The molecule has 0 aromatic heterocycles. The highest BCUT2D eigenvalue weighted by molar-refractivity contribution is 9.10. The summed E-state index contributed by atoms with van der Waals surface area (Å²) in [6.45, 7) is 5.02. The molecular weight excluding hydrogens is 272 g/mol. The zero-order chi connectivity index (χ0) is 11.1. The smallest absolute Gasteiger partial charge is 0.166 e. The highest BCUT2D eigenvalue weighted by Crippen LogP contribution is 2.11. The predicted octanol–water partition coefficient (Wildman–Crippen LogP) is 2.60. The zero-order valence-corrected chi connectivity index (χ0v) is 10.7. The van der Waals surface area contributed by atoms with Crippen LogP contribution in [-0.2, 0) is 6.54 Å². The molecule has 0 aliphatic rings. The molecule has 0 atom stereocenters. The Hall–Kier alpha value is -0.870. The third-order valence-electron chi connectivity index (χ3n) is 1.75. The lowest BCUT2D eigenvalue weighted by Gasteiger charge is -2.08. The Bertz CT molecular complexity index is 352. The minimum Gasteiger partial charge on any atom is -0.359 e. The first kappa shape index (κ1) is 12.2. The first-order valence-corrected chi connectivity index (χ1v) is 5.79. The van der Waals surface area contributed by atoms with Crippen LogP contribution in [0.2, 0.25) is 0 Å². The molecular formula is C11H13BrN2S. The van der Waals surface area contributed by atoms with Gasteiger partial charge in [-0.05, 0) is 29.9 Å². The van der Waals surface area contributed by atoms with Crippen molar-refractivity contribution in [2.24, 2.45) is 0 Å². The lowest BCUT2D eigenvalue weighted by molar-refractivity contribution is 0.872. The van der Waals surface area contributed by atoms with E-state index in [2.05, 4.69) is 39.2 Å². The van der Waals surface area contributed by atoms with Crippen LogP contribution >= 0.6 is 28.1 Å². The third kappa shape index (κ3) is 4.95. The fraction of sp³-hybridized carbons (Fsp3) is 0.182. The van der Waals surface area contributed by atoms with Gasteiger partial charge in [-0.25, -0.2) is 0 Å². The lowest BCUT2D eigenvalue weighted by Crippen LogP contribution is -2.34. The molecule has 0 radical (unpaired) electrons. The Morgan fingerprint density at radius 3 is 2.93 bits per heavy atom. The summed E-state index contributed by atoms with van der Waals surface area (Å²) in [5.41, 5.74) is 1.19. The van der Waals surface area contributed by atoms with E-state index in [9.17, 15) is 0 Å². The molecule has 2 N–H and O–H groups in total. The number of halogens is 1. The number of hydrogen-bond acceptors (Lipinski definition) is 1. The van der Waals surface area contributed by atoms with Crippen molar-refractivity contribution in [2.45, 2.75) is 6.54 Å². The van der Waals surface area contributed by atoms with Crippen LogP contribution in [-0.4, -0.2) is 11.7 Å². The minimum absolute atomic E-state index is 0.648. The third-order valence-corrected chi connectivity index (χ3v) is 2.53. The minimum atomic E-state index is 0.648. The molecule has 0 saturated heterocycles. The molecule has 1 aromatic rings. The normalized spacial score (nSPS) is 9.40. The van der Waals surface area contributed by atoms with E-state index in [1.54, 1.807) is 6.08 Å². The van der Waals surface area contributed by atoms with Crippen molar-refractivity contribution in [3.63, 3.8) is 0 Å². The van der Waals surface area contributed by atoms with Crippen molar-refractivity contribution in [3.05, 3.63) is 47.0 Å². The van der Waals surface area contributed by atoms with Crippen LogP contribution in [0.25, 0.3) is 0 Å². The van der Waals surface area contributed by atoms with Crippen molar-refractivity contribution >= 4 is 33.3 Å². The molecule has 0 heterocycles. The van der Waals surface area contributed by atoms with Gasteiger partial charge in [0.25, 0.3) is 0 Å². The van der Waals surface area contributed by atoms with Gasteiger partial charge in [-0.2, -0.15) is 0 Å². The molecule has 4 heteroatoms. The number of nitrogens with one attached hydrogen (secondary N) is 2. The molecule has 0 unspecified atom stereocenters. The average Bonchev–Trinajstić information content (AvgIpc) is 2.23. The second-order valence-electron chi connectivity index (χ2n) is 2.98. The van der Waals surface area contributed by atoms with Gasteiger partial charge in [-0.15, -0.1) is 6.58 Å². The van der Waals surface area contributed by atoms with Crippen LogP contribution in [0.1, 0.15) is 5.56 Å². The molecule has 15 heavy (non-hydrogen) atoms. The van der Waals surface area contributed by atoms with Gasteiger partial charge in [0.05, 0.1) is 0 Å². The van der Waals surface area contributed by atoms with Crippen LogP contribution in [0.5, 0.6) is 0 Å². The number of rotatable bonds is 4. The molecule has 80 valence electrons. The van der Waals surface area contributed by atoms with Gasteiger partial charge in [-0.1, -0.05) is 34.1 Å². The fourth-order valence-corrected chi connectivity index (χ4v) is 1.66. The monoisotopic (exact) mass is 284 g/mol. The summed E-state index contributed by atoms with van der Waals surface area (Å²) < 4.78 is 1.08. The van der Waals surface area contributed by atoms with Gasteiger partial charge in [0.2, 0.25) is 0 Å². The van der Waals surface area contributed by atoms with Crippen LogP contribution < -0.4 is 10.6 Å². The number of thiocarbonyl (C=S) groups is 1. The van der Waals surface area contributed by atoms with Gasteiger partial charge >= 0.3 is 0 Å². The molecule has 0 aliphatic carbocycles. The van der Waals surface area contributed by atoms with Gasteiger partial charge in [0.1, 0.15) is 0 Å². The maximum absolute atomic E-state index is 5.07. The van der Waals surface area contributed by atoms with E-state index in [4.69, 9.17) is 12.2 Å². The SMILES string of the molecule is C=CCNC(=S)NCc1cccc(Br)c1. The topological polar surface area (TPSA) is 24.1 Å². The van der Waals surface area contributed by atoms with E-state index in [0.717, 1.165) is 11.0 Å². The second-order valence-corrected chi connectivity index (χ2v) is 4.31. The zero-order valence-electron chi connectivity index (χ0n) is 8.29. The molecule has 0 amide bonds. The largest absolute Gasteiger partial charge is 0.359 e. The summed E-state index contributed by atoms with van der Waals surface area (Å²) in [7, 11) is 0. The van der Waals surface area contributed by atoms with Gasteiger partial charge < -0.3 is 10.6 Å². The highest BCUT2D eigenvalue weighted by atomic mass is 79.9. The van der Waals surface area contributed by atoms with Crippen LogP contribution in [0.3, 0.4) is 0 Å². The maximum atomic E-state index is 5.07. The van der Waals surface area contributed by atoms with Crippen molar-refractivity contribution in [1.82, 2.24) is 10.6 Å². The van der Waals surface area contributed by atoms with Gasteiger partial charge in [-0.3, -0.25) is 0 Å². The average molecular weight is 285 g/mol. The molecule has 2 nitrogen and oxygen atoms in total. The second kappa shape index (κ2) is 6.58. The molecule has 0 saturated carbocycles. The van der Waals surface area contributed by atoms with Crippen LogP contribution in [0, 0.1) is 0 Å². The molecule has 1 aromatic carbocycles. The van der Waals surface area contributed by atoms with Crippen molar-refractivity contribution in [3.8, 4) is 0 Å². The van der Waals surface area contributed by atoms with Crippen molar-refractivity contribution < 1.29 is 0 Å². The molecule has 0 spiro atoms. The van der Waals surface area contributed by atoms with E-state index in [1.165, 1.54) is 5.56 Å². The first-order chi connectivity index (χ1) is 7.22. The summed E-state index contributed by atoms with van der Waals surface area (Å²) in [6.07, 6.45) is 1.77. The highest BCUT2D eigenvalue weighted by Gasteiger charge is 1.95. The molecule has 0 fully saturated rings. The van der Waals surface area contributed by atoms with Crippen LogP contribution in [0.4, 0.5) is 0 Å². The fourth-order valence-electron chi connectivity index (χ4n) is 1.06. The summed E-state index contributed by atoms with van der Waals surface area (Å²) in [5, 5.41) is 6.77. The molecule has 0 aliphatic heterocycles. The summed E-state index contributed by atoms with van der Waals surface area (Å²) >= 11 is 8.49. The maximum Gasteiger partial charge on any atom is 0.166 e.